The molecule has 0 unspecified atom stereocenters. The number of nitrogens with zero attached hydrogens (tertiary/aromatic N) is 2. The highest BCUT2D eigenvalue weighted by atomic mass is 35.5. The molecule has 0 atom stereocenters. The van der Waals surface area contributed by atoms with Crippen molar-refractivity contribution in [3.05, 3.63) is 89.0 Å². The zero-order valence-electron chi connectivity index (χ0n) is 16.6. The second kappa shape index (κ2) is 9.61. The van der Waals surface area contributed by atoms with Gasteiger partial charge in [-0.2, -0.15) is 0 Å². The Morgan fingerprint density at radius 3 is 2.66 bits per heavy atom. The van der Waals surface area contributed by atoms with E-state index in [2.05, 4.69) is 19.2 Å². The molecule has 0 aliphatic carbocycles. The third-order valence-corrected chi connectivity index (χ3v) is 4.70. The van der Waals surface area contributed by atoms with Gasteiger partial charge in [0, 0.05) is 35.7 Å². The van der Waals surface area contributed by atoms with E-state index >= 15 is 0 Å². The first-order chi connectivity index (χ1) is 13.9. The van der Waals surface area contributed by atoms with Crippen LogP contribution in [0.4, 0.5) is 14.9 Å². The van der Waals surface area contributed by atoms with E-state index in [0.717, 1.165) is 11.3 Å². The fourth-order valence-corrected chi connectivity index (χ4v) is 3.39. The maximum absolute atomic E-state index is 13.5. The summed E-state index contributed by atoms with van der Waals surface area (Å²) in [4.78, 5) is 14.7. The molecule has 1 heterocycles. The van der Waals surface area contributed by atoms with Crippen LogP contribution in [0.1, 0.15) is 25.1 Å². The largest absolute Gasteiger partial charge is 0.345 e. The molecule has 3 rings (SSSR count). The van der Waals surface area contributed by atoms with Crippen molar-refractivity contribution in [2.45, 2.75) is 26.9 Å². The number of hydrogen-bond donors (Lipinski definition) is 1. The van der Waals surface area contributed by atoms with E-state index in [1.165, 1.54) is 12.1 Å². The maximum atomic E-state index is 13.5. The van der Waals surface area contributed by atoms with Crippen molar-refractivity contribution in [1.29, 1.82) is 0 Å². The Hall–Kier alpha value is -2.79. The predicted molar refractivity (Wildman–Crippen MR) is 116 cm³/mol. The van der Waals surface area contributed by atoms with Gasteiger partial charge in [-0.05, 0) is 53.9 Å². The number of hydrogen-bond acceptors (Lipinski definition) is 1. The van der Waals surface area contributed by atoms with Gasteiger partial charge in [0.1, 0.15) is 5.82 Å². The fourth-order valence-electron chi connectivity index (χ4n) is 3.20. The Kier molecular flexibility index (Phi) is 6.94. The number of carbonyl (C=O) groups is 1. The van der Waals surface area contributed by atoms with Crippen molar-refractivity contribution < 1.29 is 9.18 Å². The number of urea groups is 1. The van der Waals surface area contributed by atoms with Gasteiger partial charge in [-0.3, -0.25) is 0 Å². The van der Waals surface area contributed by atoms with E-state index in [1.54, 1.807) is 29.2 Å². The van der Waals surface area contributed by atoms with Gasteiger partial charge in [0.25, 0.3) is 0 Å². The Balaban J connectivity index is 1.75. The van der Waals surface area contributed by atoms with Gasteiger partial charge in [-0.25, -0.2) is 9.18 Å². The second-order valence-corrected chi connectivity index (χ2v) is 7.91. The van der Waals surface area contributed by atoms with Crippen LogP contribution in [-0.4, -0.2) is 22.0 Å². The quantitative estimate of drug-likeness (QED) is 0.505. The average Bonchev–Trinajstić information content (AvgIpc) is 3.07. The maximum Gasteiger partial charge on any atom is 0.322 e. The number of aromatic nitrogens is 1. The van der Waals surface area contributed by atoms with Crippen molar-refractivity contribution in [3.63, 3.8) is 0 Å². The topological polar surface area (TPSA) is 37.3 Å². The van der Waals surface area contributed by atoms with Crippen molar-refractivity contribution >= 4 is 23.3 Å². The van der Waals surface area contributed by atoms with Crippen LogP contribution in [0.25, 0.3) is 0 Å². The molecule has 0 saturated carbocycles. The number of nitrogens with one attached hydrogen (secondary N) is 1. The average molecular weight is 414 g/mol. The summed E-state index contributed by atoms with van der Waals surface area (Å²) in [6, 6.07) is 17.4. The lowest BCUT2D eigenvalue weighted by Crippen LogP contribution is -2.37. The number of benzene rings is 2. The molecule has 2 aromatic carbocycles. The van der Waals surface area contributed by atoms with Gasteiger partial charge in [-0.15, -0.1) is 0 Å². The second-order valence-electron chi connectivity index (χ2n) is 7.47. The summed E-state index contributed by atoms with van der Waals surface area (Å²) in [5.41, 5.74) is 2.52. The third-order valence-electron chi connectivity index (χ3n) is 4.47. The van der Waals surface area contributed by atoms with Crippen LogP contribution in [0.3, 0.4) is 0 Å². The van der Waals surface area contributed by atoms with Gasteiger partial charge < -0.3 is 14.8 Å². The van der Waals surface area contributed by atoms with E-state index in [0.29, 0.717) is 36.3 Å². The molecule has 29 heavy (non-hydrogen) atoms. The number of amides is 2. The highest BCUT2D eigenvalue weighted by molar-refractivity contribution is 6.30. The van der Waals surface area contributed by atoms with Crippen molar-refractivity contribution in [3.8, 4) is 0 Å². The summed E-state index contributed by atoms with van der Waals surface area (Å²) in [6.45, 7) is 5.76. The van der Waals surface area contributed by atoms with Crippen LogP contribution >= 0.6 is 11.6 Å². The highest BCUT2D eigenvalue weighted by Crippen LogP contribution is 2.17. The van der Waals surface area contributed by atoms with Crippen molar-refractivity contribution in [1.82, 2.24) is 9.47 Å². The molecule has 4 nitrogen and oxygen atoms in total. The van der Waals surface area contributed by atoms with Crippen LogP contribution in [0.15, 0.2) is 66.9 Å². The summed E-state index contributed by atoms with van der Waals surface area (Å²) in [5.74, 6) is 0.0604. The molecule has 0 radical (unpaired) electrons. The number of halogens is 2. The number of carbonyl (C=O) groups excluding carboxylic acids is 1. The van der Waals surface area contributed by atoms with Gasteiger partial charge in [-0.1, -0.05) is 43.6 Å². The summed E-state index contributed by atoms with van der Waals surface area (Å²) in [7, 11) is 0. The molecule has 152 valence electrons. The minimum atomic E-state index is -0.251. The van der Waals surface area contributed by atoms with Crippen LogP contribution in [0.2, 0.25) is 5.02 Å². The monoisotopic (exact) mass is 413 g/mol. The van der Waals surface area contributed by atoms with E-state index in [1.807, 2.05) is 35.0 Å². The first-order valence-corrected chi connectivity index (χ1v) is 9.98. The molecule has 0 aliphatic rings. The molecule has 0 aliphatic heterocycles. The van der Waals surface area contributed by atoms with Gasteiger partial charge >= 0.3 is 6.03 Å². The lowest BCUT2D eigenvalue weighted by molar-refractivity contribution is 0.200. The molecule has 0 bridgehead atoms. The van der Waals surface area contributed by atoms with E-state index in [9.17, 15) is 9.18 Å². The molecule has 1 N–H and O–H groups in total. The molecule has 0 saturated heterocycles. The Morgan fingerprint density at radius 1 is 1.14 bits per heavy atom. The Labute approximate surface area is 175 Å². The minimum absolute atomic E-state index is 0.181. The molecule has 0 spiro atoms. The standard InChI is InChI=1S/C23H25ClFN3O/c1-17(2)14-28(23(29)26-21-9-4-7-19(24)13-21)16-22-10-5-11-27(22)15-18-6-3-8-20(25)12-18/h3-13,17H,14-16H2,1-2H3,(H,26,29). The summed E-state index contributed by atoms with van der Waals surface area (Å²) >= 11 is 6.02. The zero-order valence-corrected chi connectivity index (χ0v) is 17.4. The normalized spacial score (nSPS) is 10.9. The molecule has 6 heteroatoms. The Bertz CT molecular complexity index is 970. The van der Waals surface area contributed by atoms with Gasteiger partial charge in [0.15, 0.2) is 0 Å². The molecular formula is C23H25ClFN3O. The highest BCUT2D eigenvalue weighted by Gasteiger charge is 2.17. The first kappa shape index (κ1) is 20.9. The molecule has 3 aromatic rings. The lowest BCUT2D eigenvalue weighted by Gasteiger charge is -2.26. The SMILES string of the molecule is CC(C)CN(Cc1cccn1Cc1cccc(F)c1)C(=O)Nc1cccc(Cl)c1. The molecular weight excluding hydrogens is 389 g/mol. The van der Waals surface area contributed by atoms with E-state index in [-0.39, 0.29) is 11.8 Å². The lowest BCUT2D eigenvalue weighted by atomic mass is 10.2. The van der Waals surface area contributed by atoms with E-state index < -0.39 is 0 Å². The van der Waals surface area contributed by atoms with Crippen LogP contribution < -0.4 is 5.32 Å². The summed E-state index contributed by atoms with van der Waals surface area (Å²) in [6.07, 6.45) is 1.95. The smallest absolute Gasteiger partial charge is 0.322 e. The molecule has 0 fully saturated rings. The summed E-state index contributed by atoms with van der Waals surface area (Å²) in [5, 5.41) is 3.49. The fraction of sp³-hybridized carbons (Fsp3) is 0.261. The van der Waals surface area contributed by atoms with Crippen LogP contribution in [0.5, 0.6) is 0 Å². The third kappa shape index (κ3) is 6.09. The number of rotatable bonds is 7. The van der Waals surface area contributed by atoms with Crippen molar-refractivity contribution in [2.24, 2.45) is 5.92 Å². The zero-order chi connectivity index (χ0) is 20.8. The number of anilines is 1. The van der Waals surface area contributed by atoms with Crippen LogP contribution in [0, 0.1) is 11.7 Å². The molecule has 1 aromatic heterocycles. The summed E-state index contributed by atoms with van der Waals surface area (Å²) < 4.78 is 15.5. The first-order valence-electron chi connectivity index (χ1n) is 9.60. The van der Waals surface area contributed by atoms with Gasteiger partial charge in [0.2, 0.25) is 0 Å². The van der Waals surface area contributed by atoms with Gasteiger partial charge in [0.05, 0.1) is 6.54 Å². The van der Waals surface area contributed by atoms with E-state index in [4.69, 9.17) is 11.6 Å². The minimum Gasteiger partial charge on any atom is -0.345 e. The molecule has 2 amide bonds. The Morgan fingerprint density at radius 2 is 1.93 bits per heavy atom. The van der Waals surface area contributed by atoms with Crippen molar-refractivity contribution in [2.75, 3.05) is 11.9 Å². The van der Waals surface area contributed by atoms with Crippen LogP contribution in [-0.2, 0) is 13.1 Å². The predicted octanol–water partition coefficient (Wildman–Crippen LogP) is 6.02.